The Balaban J connectivity index is 2.10. The Morgan fingerprint density at radius 1 is 1.58 bits per heavy atom. The lowest BCUT2D eigenvalue weighted by molar-refractivity contribution is -0.147. The van der Waals surface area contributed by atoms with E-state index < -0.39 is 12.0 Å². The molecule has 7 heteroatoms. The number of thioether (sulfide) groups is 1. The summed E-state index contributed by atoms with van der Waals surface area (Å²) in [7, 11) is 0. The Morgan fingerprint density at radius 2 is 2.32 bits per heavy atom. The molecule has 1 aliphatic heterocycles. The molecule has 2 heterocycles. The van der Waals surface area contributed by atoms with E-state index in [1.54, 1.807) is 12.1 Å². The summed E-state index contributed by atoms with van der Waals surface area (Å²) in [6.07, 6.45) is 2.87. The van der Waals surface area contributed by atoms with E-state index in [0.29, 0.717) is 16.2 Å². The maximum Gasteiger partial charge on any atom is 0.327 e. The molecule has 5 nitrogen and oxygen atoms in total. The van der Waals surface area contributed by atoms with E-state index in [9.17, 15) is 9.59 Å². The summed E-state index contributed by atoms with van der Waals surface area (Å²) in [6.45, 7) is 1.82. The highest BCUT2D eigenvalue weighted by atomic mass is 79.9. The van der Waals surface area contributed by atoms with Gasteiger partial charge in [-0.2, -0.15) is 0 Å². The molecule has 19 heavy (non-hydrogen) atoms. The molecule has 0 spiro atoms. The molecule has 0 saturated carbocycles. The SMILES string of the molecule is CC1SCC(C(=O)O)N1C(=O)C=Cc1ccc(Br)o1. The van der Waals surface area contributed by atoms with Crippen molar-refractivity contribution in [2.24, 2.45) is 0 Å². The van der Waals surface area contributed by atoms with Gasteiger partial charge in [-0.15, -0.1) is 11.8 Å². The molecule has 0 aliphatic carbocycles. The number of carbonyl (C=O) groups excluding carboxylic acids is 1. The number of carbonyl (C=O) groups is 2. The van der Waals surface area contributed by atoms with Gasteiger partial charge in [0.2, 0.25) is 5.91 Å². The molecule has 0 radical (unpaired) electrons. The van der Waals surface area contributed by atoms with Crippen LogP contribution in [0.5, 0.6) is 0 Å². The van der Waals surface area contributed by atoms with Crippen LogP contribution in [0.3, 0.4) is 0 Å². The molecule has 1 N–H and O–H groups in total. The van der Waals surface area contributed by atoms with Crippen LogP contribution in [0.15, 0.2) is 27.3 Å². The van der Waals surface area contributed by atoms with Gasteiger partial charge in [0.1, 0.15) is 11.8 Å². The average molecular weight is 346 g/mol. The Kier molecular flexibility index (Phi) is 4.36. The lowest BCUT2D eigenvalue weighted by Crippen LogP contribution is -2.43. The molecule has 2 rings (SSSR count). The molecule has 0 aromatic carbocycles. The summed E-state index contributed by atoms with van der Waals surface area (Å²) in [6, 6.07) is 2.67. The van der Waals surface area contributed by atoms with Crippen molar-refractivity contribution in [2.75, 3.05) is 5.75 Å². The molecule has 1 aromatic rings. The largest absolute Gasteiger partial charge is 0.480 e. The second-order valence-electron chi connectivity index (χ2n) is 4.01. The molecule has 2 atom stereocenters. The first-order valence-electron chi connectivity index (χ1n) is 5.59. The predicted octanol–water partition coefficient (Wildman–Crippen LogP) is 2.43. The van der Waals surface area contributed by atoms with E-state index in [1.807, 2.05) is 6.92 Å². The number of hydrogen-bond acceptors (Lipinski definition) is 4. The van der Waals surface area contributed by atoms with Crippen LogP contribution in [0.4, 0.5) is 0 Å². The number of furan rings is 1. The van der Waals surface area contributed by atoms with E-state index in [1.165, 1.54) is 28.8 Å². The van der Waals surface area contributed by atoms with Gasteiger partial charge >= 0.3 is 5.97 Å². The van der Waals surface area contributed by atoms with Gasteiger partial charge in [-0.3, -0.25) is 4.79 Å². The average Bonchev–Trinajstić information content (AvgIpc) is 2.92. The van der Waals surface area contributed by atoms with Gasteiger partial charge in [-0.1, -0.05) is 0 Å². The number of hydrogen-bond donors (Lipinski definition) is 1. The predicted molar refractivity (Wildman–Crippen MR) is 75.6 cm³/mol. The third-order valence-electron chi connectivity index (χ3n) is 2.75. The summed E-state index contributed by atoms with van der Waals surface area (Å²) in [5.74, 6) is -0.342. The monoisotopic (exact) mass is 345 g/mol. The third kappa shape index (κ3) is 3.22. The van der Waals surface area contributed by atoms with Crippen molar-refractivity contribution in [2.45, 2.75) is 18.3 Å². The van der Waals surface area contributed by atoms with Crippen molar-refractivity contribution < 1.29 is 19.1 Å². The Bertz CT molecular complexity index is 528. The molecule has 1 aromatic heterocycles. The molecule has 2 unspecified atom stereocenters. The molecular formula is C12H12BrNO4S. The fraction of sp³-hybridized carbons (Fsp3) is 0.333. The van der Waals surface area contributed by atoms with Gasteiger partial charge in [0.15, 0.2) is 4.67 Å². The van der Waals surface area contributed by atoms with Crippen LogP contribution >= 0.6 is 27.7 Å². The van der Waals surface area contributed by atoms with Gasteiger partial charge in [0.25, 0.3) is 0 Å². The van der Waals surface area contributed by atoms with Crippen LogP contribution in [-0.2, 0) is 9.59 Å². The summed E-state index contributed by atoms with van der Waals surface area (Å²) >= 11 is 4.62. The van der Waals surface area contributed by atoms with Crippen LogP contribution in [-0.4, -0.2) is 39.1 Å². The third-order valence-corrected chi connectivity index (χ3v) is 4.39. The van der Waals surface area contributed by atoms with Crippen LogP contribution in [0.1, 0.15) is 12.7 Å². The van der Waals surface area contributed by atoms with Crippen molar-refractivity contribution in [3.05, 3.63) is 28.6 Å². The van der Waals surface area contributed by atoms with Crippen molar-refractivity contribution in [3.63, 3.8) is 0 Å². The molecule has 1 aliphatic rings. The van der Waals surface area contributed by atoms with Crippen LogP contribution in [0, 0.1) is 0 Å². The maximum absolute atomic E-state index is 12.1. The summed E-state index contributed by atoms with van der Waals surface area (Å²) in [5, 5.41) is 8.95. The fourth-order valence-corrected chi connectivity index (χ4v) is 3.32. The van der Waals surface area contributed by atoms with E-state index in [0.717, 1.165) is 0 Å². The Morgan fingerprint density at radius 3 is 2.89 bits per heavy atom. The fourth-order valence-electron chi connectivity index (χ4n) is 1.82. The van der Waals surface area contributed by atoms with Gasteiger partial charge < -0.3 is 14.4 Å². The standard InChI is InChI=1S/C12H12BrNO4S/c1-7-14(9(6-19-7)12(16)17)11(15)5-3-8-2-4-10(13)18-8/h2-5,7,9H,6H2,1H3,(H,16,17). The van der Waals surface area contributed by atoms with E-state index >= 15 is 0 Å². The highest BCUT2D eigenvalue weighted by Crippen LogP contribution is 2.29. The molecule has 102 valence electrons. The summed E-state index contributed by atoms with van der Waals surface area (Å²) < 4.78 is 5.81. The van der Waals surface area contributed by atoms with E-state index in [4.69, 9.17) is 9.52 Å². The van der Waals surface area contributed by atoms with E-state index in [2.05, 4.69) is 15.9 Å². The first kappa shape index (κ1) is 14.2. The molecule has 0 bridgehead atoms. The quantitative estimate of drug-likeness (QED) is 0.852. The van der Waals surface area contributed by atoms with Crippen LogP contribution in [0.25, 0.3) is 6.08 Å². The second-order valence-corrected chi connectivity index (χ2v) is 6.14. The molecule has 1 saturated heterocycles. The number of halogens is 1. The highest BCUT2D eigenvalue weighted by Gasteiger charge is 2.38. The van der Waals surface area contributed by atoms with Crippen molar-refractivity contribution in [1.29, 1.82) is 0 Å². The minimum Gasteiger partial charge on any atom is -0.480 e. The first-order chi connectivity index (χ1) is 8.99. The highest BCUT2D eigenvalue weighted by molar-refractivity contribution is 9.10. The van der Waals surface area contributed by atoms with Gasteiger partial charge in [0, 0.05) is 11.8 Å². The summed E-state index contributed by atoms with van der Waals surface area (Å²) in [5.41, 5.74) is 0. The van der Waals surface area contributed by atoms with Gasteiger partial charge in [-0.05, 0) is 41.1 Å². The van der Waals surface area contributed by atoms with Gasteiger partial charge in [-0.25, -0.2) is 4.79 Å². The molecule has 1 fully saturated rings. The maximum atomic E-state index is 12.1. The zero-order valence-corrected chi connectivity index (χ0v) is 12.5. The number of rotatable bonds is 3. The Labute approximate surface area is 122 Å². The second kappa shape index (κ2) is 5.83. The zero-order valence-electron chi connectivity index (χ0n) is 10.1. The summed E-state index contributed by atoms with van der Waals surface area (Å²) in [4.78, 5) is 24.5. The van der Waals surface area contributed by atoms with E-state index in [-0.39, 0.29) is 11.3 Å². The minimum absolute atomic E-state index is 0.137. The minimum atomic E-state index is -0.973. The van der Waals surface area contributed by atoms with Crippen molar-refractivity contribution in [1.82, 2.24) is 4.90 Å². The smallest absolute Gasteiger partial charge is 0.327 e. The number of carboxylic acid groups (broad SMARTS) is 1. The van der Waals surface area contributed by atoms with Crippen molar-refractivity contribution >= 4 is 45.6 Å². The van der Waals surface area contributed by atoms with Crippen LogP contribution < -0.4 is 0 Å². The zero-order chi connectivity index (χ0) is 14.0. The van der Waals surface area contributed by atoms with Crippen molar-refractivity contribution in [3.8, 4) is 0 Å². The Hall–Kier alpha value is -1.21. The van der Waals surface area contributed by atoms with Crippen LogP contribution in [0.2, 0.25) is 0 Å². The molecular weight excluding hydrogens is 334 g/mol. The number of aliphatic carboxylic acids is 1. The van der Waals surface area contributed by atoms with Gasteiger partial charge in [0.05, 0.1) is 5.37 Å². The topological polar surface area (TPSA) is 70.8 Å². The normalized spacial score (nSPS) is 23.2. The lowest BCUT2D eigenvalue weighted by atomic mass is 10.2. The first-order valence-corrected chi connectivity index (χ1v) is 7.43. The number of carboxylic acids is 1. The molecule has 1 amide bonds. The lowest BCUT2D eigenvalue weighted by Gasteiger charge is -2.23. The number of amides is 1. The number of nitrogens with zero attached hydrogens (tertiary/aromatic N) is 1.